The SMILES string of the molecule is CC1(C)CCCC1CNCCN1CCOCC1. The molecule has 0 aromatic rings. The zero-order valence-electron chi connectivity index (χ0n) is 11.5. The Morgan fingerprint density at radius 1 is 1.29 bits per heavy atom. The molecule has 1 aliphatic carbocycles. The lowest BCUT2D eigenvalue weighted by atomic mass is 9.82. The standard InChI is InChI=1S/C14H28N2O/c1-14(2)5-3-4-13(14)12-15-6-7-16-8-10-17-11-9-16/h13,15H,3-12H2,1-2H3. The lowest BCUT2D eigenvalue weighted by molar-refractivity contribution is 0.0382. The molecule has 3 heteroatoms. The number of hydrogen-bond donors (Lipinski definition) is 1. The zero-order chi connectivity index (χ0) is 12.1. The molecule has 0 radical (unpaired) electrons. The van der Waals surface area contributed by atoms with Crippen LogP contribution in [0.4, 0.5) is 0 Å². The molecule has 0 bridgehead atoms. The topological polar surface area (TPSA) is 24.5 Å². The molecule has 1 saturated carbocycles. The third-order valence-electron chi connectivity index (χ3n) is 4.58. The molecule has 1 aliphatic heterocycles. The highest BCUT2D eigenvalue weighted by atomic mass is 16.5. The van der Waals surface area contributed by atoms with Crippen molar-refractivity contribution in [3.63, 3.8) is 0 Å². The fourth-order valence-corrected chi connectivity index (χ4v) is 3.12. The average molecular weight is 240 g/mol. The van der Waals surface area contributed by atoms with Crippen molar-refractivity contribution in [2.45, 2.75) is 33.1 Å². The van der Waals surface area contributed by atoms with Gasteiger partial charge in [-0.05, 0) is 30.7 Å². The second kappa shape index (κ2) is 6.17. The molecule has 100 valence electrons. The van der Waals surface area contributed by atoms with Crippen LogP contribution in [-0.2, 0) is 4.74 Å². The summed E-state index contributed by atoms with van der Waals surface area (Å²) < 4.78 is 5.35. The van der Waals surface area contributed by atoms with Gasteiger partial charge in [-0.2, -0.15) is 0 Å². The smallest absolute Gasteiger partial charge is 0.0594 e. The van der Waals surface area contributed by atoms with E-state index in [1.807, 2.05) is 0 Å². The van der Waals surface area contributed by atoms with Crippen molar-refractivity contribution in [2.75, 3.05) is 45.9 Å². The number of hydrogen-bond acceptors (Lipinski definition) is 3. The molecule has 2 rings (SSSR count). The molecular weight excluding hydrogens is 212 g/mol. The predicted octanol–water partition coefficient (Wildman–Crippen LogP) is 1.73. The van der Waals surface area contributed by atoms with Crippen molar-refractivity contribution < 1.29 is 4.74 Å². The van der Waals surface area contributed by atoms with E-state index in [0.29, 0.717) is 5.41 Å². The van der Waals surface area contributed by atoms with Crippen LogP contribution in [0.15, 0.2) is 0 Å². The van der Waals surface area contributed by atoms with Crippen molar-refractivity contribution in [1.82, 2.24) is 10.2 Å². The summed E-state index contributed by atoms with van der Waals surface area (Å²) in [5, 5.41) is 3.65. The summed E-state index contributed by atoms with van der Waals surface area (Å²) in [6.45, 7) is 12.4. The van der Waals surface area contributed by atoms with Crippen molar-refractivity contribution in [2.24, 2.45) is 11.3 Å². The minimum atomic E-state index is 0.561. The minimum Gasteiger partial charge on any atom is -0.379 e. The zero-order valence-corrected chi connectivity index (χ0v) is 11.5. The molecule has 0 aromatic carbocycles. The predicted molar refractivity (Wildman–Crippen MR) is 71.3 cm³/mol. The van der Waals surface area contributed by atoms with E-state index in [2.05, 4.69) is 24.1 Å². The summed E-state index contributed by atoms with van der Waals surface area (Å²) in [4.78, 5) is 2.50. The van der Waals surface area contributed by atoms with Crippen LogP contribution in [0.2, 0.25) is 0 Å². The van der Waals surface area contributed by atoms with Gasteiger partial charge in [0.2, 0.25) is 0 Å². The Kier molecular flexibility index (Phi) is 4.83. The lowest BCUT2D eigenvalue weighted by Crippen LogP contribution is -2.41. The molecule has 0 spiro atoms. The van der Waals surface area contributed by atoms with Gasteiger partial charge in [0, 0.05) is 26.2 Å². The highest BCUT2D eigenvalue weighted by Gasteiger charge is 2.33. The fraction of sp³-hybridized carbons (Fsp3) is 1.00. The second-order valence-electron chi connectivity index (χ2n) is 6.24. The summed E-state index contributed by atoms with van der Waals surface area (Å²) >= 11 is 0. The molecule has 0 amide bonds. The molecular formula is C14H28N2O. The van der Waals surface area contributed by atoms with E-state index in [4.69, 9.17) is 4.74 Å². The number of morpholine rings is 1. The second-order valence-corrected chi connectivity index (χ2v) is 6.24. The molecule has 17 heavy (non-hydrogen) atoms. The van der Waals surface area contributed by atoms with Gasteiger partial charge in [-0.15, -0.1) is 0 Å². The van der Waals surface area contributed by atoms with Crippen LogP contribution >= 0.6 is 0 Å². The van der Waals surface area contributed by atoms with Crippen LogP contribution in [0.25, 0.3) is 0 Å². The summed E-state index contributed by atoms with van der Waals surface area (Å²) in [7, 11) is 0. The summed E-state index contributed by atoms with van der Waals surface area (Å²) in [6.07, 6.45) is 4.24. The van der Waals surface area contributed by atoms with Crippen LogP contribution < -0.4 is 5.32 Å². The molecule has 2 aliphatic rings. The van der Waals surface area contributed by atoms with E-state index in [9.17, 15) is 0 Å². The molecule has 0 aromatic heterocycles. The minimum absolute atomic E-state index is 0.561. The maximum atomic E-state index is 5.35. The van der Waals surface area contributed by atoms with Crippen molar-refractivity contribution >= 4 is 0 Å². The van der Waals surface area contributed by atoms with Crippen LogP contribution in [0.1, 0.15) is 33.1 Å². The first-order valence-corrected chi connectivity index (χ1v) is 7.19. The first-order chi connectivity index (χ1) is 8.18. The Labute approximate surface area is 106 Å². The Hall–Kier alpha value is -0.120. The van der Waals surface area contributed by atoms with E-state index < -0.39 is 0 Å². The van der Waals surface area contributed by atoms with Gasteiger partial charge in [0.25, 0.3) is 0 Å². The van der Waals surface area contributed by atoms with Crippen LogP contribution in [-0.4, -0.2) is 50.8 Å². The number of nitrogens with one attached hydrogen (secondary N) is 1. The third kappa shape index (κ3) is 3.94. The molecule has 2 fully saturated rings. The van der Waals surface area contributed by atoms with Gasteiger partial charge >= 0.3 is 0 Å². The van der Waals surface area contributed by atoms with E-state index in [1.54, 1.807) is 0 Å². The molecule has 1 heterocycles. The van der Waals surface area contributed by atoms with Gasteiger partial charge in [-0.3, -0.25) is 4.90 Å². The first kappa shape index (κ1) is 13.3. The maximum Gasteiger partial charge on any atom is 0.0594 e. The van der Waals surface area contributed by atoms with Crippen LogP contribution in [0, 0.1) is 11.3 Å². The van der Waals surface area contributed by atoms with Crippen molar-refractivity contribution in [3.05, 3.63) is 0 Å². The number of ether oxygens (including phenoxy) is 1. The first-order valence-electron chi connectivity index (χ1n) is 7.19. The van der Waals surface area contributed by atoms with E-state index in [-0.39, 0.29) is 0 Å². The Balaban J connectivity index is 1.56. The Morgan fingerprint density at radius 2 is 2.06 bits per heavy atom. The normalized spacial score (nSPS) is 29.6. The Bertz CT molecular complexity index is 224. The highest BCUT2D eigenvalue weighted by molar-refractivity contribution is 4.86. The van der Waals surface area contributed by atoms with Crippen molar-refractivity contribution in [1.29, 1.82) is 0 Å². The summed E-state index contributed by atoms with van der Waals surface area (Å²) in [6, 6.07) is 0. The van der Waals surface area contributed by atoms with Gasteiger partial charge in [0.15, 0.2) is 0 Å². The monoisotopic (exact) mass is 240 g/mol. The molecule has 1 atom stereocenters. The van der Waals surface area contributed by atoms with E-state index in [1.165, 1.54) is 32.4 Å². The summed E-state index contributed by atoms with van der Waals surface area (Å²) in [5.74, 6) is 0.882. The van der Waals surface area contributed by atoms with Gasteiger partial charge in [-0.25, -0.2) is 0 Å². The number of nitrogens with zero attached hydrogens (tertiary/aromatic N) is 1. The Morgan fingerprint density at radius 3 is 2.71 bits per heavy atom. The van der Waals surface area contributed by atoms with Crippen molar-refractivity contribution in [3.8, 4) is 0 Å². The van der Waals surface area contributed by atoms with Crippen LogP contribution in [0.3, 0.4) is 0 Å². The molecule has 3 nitrogen and oxygen atoms in total. The van der Waals surface area contributed by atoms with Gasteiger partial charge in [0.1, 0.15) is 0 Å². The lowest BCUT2D eigenvalue weighted by Gasteiger charge is -2.29. The van der Waals surface area contributed by atoms with Gasteiger partial charge in [-0.1, -0.05) is 20.3 Å². The van der Waals surface area contributed by atoms with Gasteiger partial charge < -0.3 is 10.1 Å². The quantitative estimate of drug-likeness (QED) is 0.741. The maximum absolute atomic E-state index is 5.35. The highest BCUT2D eigenvalue weighted by Crippen LogP contribution is 2.41. The molecule has 1 saturated heterocycles. The molecule has 1 unspecified atom stereocenters. The fourth-order valence-electron chi connectivity index (χ4n) is 3.12. The summed E-state index contributed by atoms with van der Waals surface area (Å²) in [5.41, 5.74) is 0.561. The third-order valence-corrected chi connectivity index (χ3v) is 4.58. The van der Waals surface area contributed by atoms with Gasteiger partial charge in [0.05, 0.1) is 13.2 Å². The van der Waals surface area contributed by atoms with E-state index >= 15 is 0 Å². The largest absolute Gasteiger partial charge is 0.379 e. The molecule has 1 N–H and O–H groups in total. The average Bonchev–Trinajstić information content (AvgIpc) is 2.66. The van der Waals surface area contributed by atoms with E-state index in [0.717, 1.165) is 38.8 Å². The van der Waals surface area contributed by atoms with Crippen LogP contribution in [0.5, 0.6) is 0 Å². The number of rotatable bonds is 5.